The third-order valence-electron chi connectivity index (χ3n) is 6.25. The number of carbonyl (C=O) groups excluding carboxylic acids is 2. The molecule has 0 fully saturated rings. The zero-order chi connectivity index (χ0) is 24.8. The van der Waals surface area contributed by atoms with Crippen LogP contribution in [-0.2, 0) is 14.3 Å². The van der Waals surface area contributed by atoms with Crippen LogP contribution in [0.25, 0.3) is 11.1 Å². The van der Waals surface area contributed by atoms with Gasteiger partial charge in [0.25, 0.3) is 0 Å². The molecule has 0 spiro atoms. The number of aliphatic carboxylic acids is 1. The molecular formula is C26H32N2O6. The minimum Gasteiger partial charge on any atom is -0.479 e. The van der Waals surface area contributed by atoms with Crippen LogP contribution in [0.1, 0.15) is 44.2 Å². The average Bonchev–Trinajstić information content (AvgIpc) is 3.11. The van der Waals surface area contributed by atoms with E-state index in [1.807, 2.05) is 50.2 Å². The molecule has 3 unspecified atom stereocenters. The Morgan fingerprint density at radius 2 is 1.53 bits per heavy atom. The van der Waals surface area contributed by atoms with Crippen molar-refractivity contribution in [3.05, 3.63) is 59.7 Å². The van der Waals surface area contributed by atoms with Crippen LogP contribution in [0.2, 0.25) is 0 Å². The number of alkyl carbamates (subject to hydrolysis) is 1. The van der Waals surface area contributed by atoms with E-state index in [4.69, 9.17) is 9.84 Å². The number of amides is 2. The van der Waals surface area contributed by atoms with Crippen LogP contribution in [-0.4, -0.2) is 53.5 Å². The molecule has 2 amide bonds. The third-order valence-corrected chi connectivity index (χ3v) is 6.25. The van der Waals surface area contributed by atoms with Gasteiger partial charge in [-0.15, -0.1) is 0 Å². The van der Waals surface area contributed by atoms with Gasteiger partial charge in [0.15, 0.2) is 6.10 Å². The molecule has 0 aliphatic heterocycles. The Kier molecular flexibility index (Phi) is 8.28. The van der Waals surface area contributed by atoms with Crippen molar-refractivity contribution in [2.45, 2.75) is 45.3 Å². The number of rotatable bonds is 10. The van der Waals surface area contributed by atoms with E-state index in [1.54, 1.807) is 6.92 Å². The second-order valence-electron chi connectivity index (χ2n) is 8.96. The van der Waals surface area contributed by atoms with Gasteiger partial charge in [0, 0.05) is 24.9 Å². The fourth-order valence-corrected chi connectivity index (χ4v) is 4.60. The topological polar surface area (TPSA) is 125 Å². The molecule has 0 heterocycles. The quantitative estimate of drug-likeness (QED) is 0.425. The zero-order valence-corrected chi connectivity index (χ0v) is 19.7. The van der Waals surface area contributed by atoms with Crippen molar-refractivity contribution < 1.29 is 29.3 Å². The van der Waals surface area contributed by atoms with Crippen LogP contribution < -0.4 is 10.6 Å². The van der Waals surface area contributed by atoms with Crippen molar-refractivity contribution in [2.75, 3.05) is 13.2 Å². The van der Waals surface area contributed by atoms with Gasteiger partial charge in [-0.3, -0.25) is 4.79 Å². The first-order chi connectivity index (χ1) is 16.2. The van der Waals surface area contributed by atoms with Crippen molar-refractivity contribution in [1.82, 2.24) is 10.6 Å². The van der Waals surface area contributed by atoms with Crippen LogP contribution in [0.4, 0.5) is 4.79 Å². The fourth-order valence-electron chi connectivity index (χ4n) is 4.60. The number of hydrogen-bond acceptors (Lipinski definition) is 5. The van der Waals surface area contributed by atoms with Crippen LogP contribution in [0.5, 0.6) is 0 Å². The first-order valence-corrected chi connectivity index (χ1v) is 11.5. The summed E-state index contributed by atoms with van der Waals surface area (Å²) in [6.07, 6.45) is -2.23. The summed E-state index contributed by atoms with van der Waals surface area (Å²) in [5.41, 5.74) is 4.52. The van der Waals surface area contributed by atoms with Gasteiger partial charge < -0.3 is 25.6 Å². The van der Waals surface area contributed by atoms with Gasteiger partial charge in [-0.2, -0.15) is 0 Å². The molecule has 0 radical (unpaired) electrons. The van der Waals surface area contributed by atoms with Crippen molar-refractivity contribution in [3.8, 4) is 11.1 Å². The van der Waals surface area contributed by atoms with E-state index in [0.717, 1.165) is 22.3 Å². The Balaban J connectivity index is 1.57. The SMILES string of the molecule is CC(C)C(C(=O)NCCC(O)C(=O)O)C(C)NC(=O)OCC1c2ccccc2-c2ccccc21. The predicted octanol–water partition coefficient (Wildman–Crippen LogP) is 3.14. The number of aliphatic hydroxyl groups excluding tert-OH is 1. The molecule has 182 valence electrons. The predicted molar refractivity (Wildman–Crippen MR) is 127 cm³/mol. The Bertz CT molecular complexity index is 992. The lowest BCUT2D eigenvalue weighted by Gasteiger charge is -2.27. The molecule has 1 aliphatic rings. The molecule has 0 saturated carbocycles. The minimum absolute atomic E-state index is 0.0210. The summed E-state index contributed by atoms with van der Waals surface area (Å²) in [6.45, 7) is 5.67. The Labute approximate surface area is 199 Å². The maximum Gasteiger partial charge on any atom is 0.407 e. The number of carboxylic acids is 1. The average molecular weight is 469 g/mol. The smallest absolute Gasteiger partial charge is 0.407 e. The van der Waals surface area contributed by atoms with E-state index >= 15 is 0 Å². The highest BCUT2D eigenvalue weighted by molar-refractivity contribution is 5.81. The van der Waals surface area contributed by atoms with Crippen LogP contribution in [0.3, 0.4) is 0 Å². The standard InChI is InChI=1S/C26H32N2O6/c1-15(2)23(24(30)27-13-12-22(29)25(31)32)16(3)28-26(33)34-14-21-19-10-6-4-8-17(19)18-9-5-7-11-20(18)21/h4-11,15-16,21-23,29H,12-14H2,1-3H3,(H,27,30)(H,28,33)(H,31,32). The Morgan fingerprint density at radius 1 is 0.971 bits per heavy atom. The number of carboxylic acid groups (broad SMARTS) is 1. The lowest BCUT2D eigenvalue weighted by Crippen LogP contribution is -2.48. The van der Waals surface area contributed by atoms with Gasteiger partial charge in [-0.25, -0.2) is 9.59 Å². The molecule has 0 saturated heterocycles. The van der Waals surface area contributed by atoms with Gasteiger partial charge >= 0.3 is 12.1 Å². The molecule has 4 N–H and O–H groups in total. The highest BCUT2D eigenvalue weighted by Crippen LogP contribution is 2.44. The maximum atomic E-state index is 12.7. The largest absolute Gasteiger partial charge is 0.479 e. The number of aliphatic hydroxyl groups is 1. The van der Waals surface area contributed by atoms with E-state index < -0.39 is 30.1 Å². The molecule has 8 nitrogen and oxygen atoms in total. The number of ether oxygens (including phenoxy) is 1. The number of fused-ring (bicyclic) bond motifs is 3. The van der Waals surface area contributed by atoms with Crippen LogP contribution >= 0.6 is 0 Å². The summed E-state index contributed by atoms with van der Waals surface area (Å²) >= 11 is 0. The molecule has 1 aliphatic carbocycles. The molecule has 0 bridgehead atoms. The summed E-state index contributed by atoms with van der Waals surface area (Å²) in [4.78, 5) is 36.0. The molecule has 2 aromatic carbocycles. The first-order valence-electron chi connectivity index (χ1n) is 11.5. The fraction of sp³-hybridized carbons (Fsp3) is 0.423. The highest BCUT2D eigenvalue weighted by Gasteiger charge is 2.32. The normalized spacial score (nSPS) is 15.1. The molecule has 0 aromatic heterocycles. The summed E-state index contributed by atoms with van der Waals surface area (Å²) < 4.78 is 5.58. The molecule has 3 atom stereocenters. The summed E-state index contributed by atoms with van der Waals surface area (Å²) in [5.74, 6) is -2.35. The Morgan fingerprint density at radius 3 is 2.06 bits per heavy atom. The zero-order valence-electron chi connectivity index (χ0n) is 19.7. The first kappa shape index (κ1) is 25.2. The monoisotopic (exact) mass is 468 g/mol. The van der Waals surface area contributed by atoms with Crippen LogP contribution in [0.15, 0.2) is 48.5 Å². The number of benzene rings is 2. The summed E-state index contributed by atoms with van der Waals surface area (Å²) in [5, 5.41) is 23.5. The molecular weight excluding hydrogens is 436 g/mol. The second kappa shape index (κ2) is 11.2. The van der Waals surface area contributed by atoms with Gasteiger partial charge in [0.05, 0.1) is 5.92 Å². The molecule has 3 rings (SSSR count). The van der Waals surface area contributed by atoms with Crippen molar-refractivity contribution >= 4 is 18.0 Å². The lowest BCUT2D eigenvalue weighted by atomic mass is 9.88. The molecule has 2 aromatic rings. The number of hydrogen-bond donors (Lipinski definition) is 4. The number of carbonyl (C=O) groups is 3. The van der Waals surface area contributed by atoms with Gasteiger partial charge in [0.2, 0.25) is 5.91 Å². The van der Waals surface area contributed by atoms with Crippen LogP contribution in [0, 0.1) is 11.8 Å². The highest BCUT2D eigenvalue weighted by atomic mass is 16.5. The van der Waals surface area contributed by atoms with E-state index in [1.165, 1.54) is 0 Å². The lowest BCUT2D eigenvalue weighted by molar-refractivity contribution is -0.147. The minimum atomic E-state index is -1.53. The Hall–Kier alpha value is -3.39. The van der Waals surface area contributed by atoms with E-state index in [9.17, 15) is 19.5 Å². The van der Waals surface area contributed by atoms with Gasteiger partial charge in [0.1, 0.15) is 6.61 Å². The molecule has 8 heteroatoms. The van der Waals surface area contributed by atoms with Gasteiger partial charge in [-0.1, -0.05) is 62.4 Å². The van der Waals surface area contributed by atoms with Crippen molar-refractivity contribution in [1.29, 1.82) is 0 Å². The third kappa shape index (κ3) is 5.75. The number of nitrogens with one attached hydrogen (secondary N) is 2. The molecule has 34 heavy (non-hydrogen) atoms. The van der Waals surface area contributed by atoms with Crippen molar-refractivity contribution in [2.24, 2.45) is 11.8 Å². The maximum absolute atomic E-state index is 12.7. The second-order valence-corrected chi connectivity index (χ2v) is 8.96. The van der Waals surface area contributed by atoms with E-state index in [0.29, 0.717) is 0 Å². The van der Waals surface area contributed by atoms with E-state index in [2.05, 4.69) is 22.8 Å². The summed E-state index contributed by atoms with van der Waals surface area (Å²) in [7, 11) is 0. The van der Waals surface area contributed by atoms with E-state index in [-0.39, 0.29) is 37.3 Å². The van der Waals surface area contributed by atoms with Gasteiger partial charge in [-0.05, 0) is 35.1 Å². The summed E-state index contributed by atoms with van der Waals surface area (Å²) in [6, 6.07) is 15.6. The van der Waals surface area contributed by atoms with Crippen molar-refractivity contribution in [3.63, 3.8) is 0 Å².